The molecule has 0 aromatic heterocycles. The van der Waals surface area contributed by atoms with Crippen molar-refractivity contribution in [2.45, 2.75) is 51.6 Å². The van der Waals surface area contributed by atoms with E-state index in [2.05, 4.69) is 30.5 Å². The molecule has 0 aliphatic carbocycles. The molecule has 2 atom stereocenters. The Morgan fingerprint density at radius 2 is 2.28 bits per heavy atom. The minimum Gasteiger partial charge on any atom is -0.325 e. The molecule has 0 saturated carbocycles. The molecule has 1 heterocycles. The fourth-order valence-electron chi connectivity index (χ4n) is 2.44. The number of piperidine rings is 1. The summed E-state index contributed by atoms with van der Waals surface area (Å²) in [7, 11) is 0. The van der Waals surface area contributed by atoms with Crippen LogP contribution in [0.25, 0.3) is 0 Å². The van der Waals surface area contributed by atoms with Crippen LogP contribution in [0.5, 0.6) is 0 Å². The van der Waals surface area contributed by atoms with Crippen LogP contribution in [0.3, 0.4) is 0 Å². The van der Waals surface area contributed by atoms with Crippen LogP contribution in [0.2, 0.25) is 0 Å². The van der Waals surface area contributed by atoms with Gasteiger partial charge in [0.2, 0.25) is 5.91 Å². The van der Waals surface area contributed by atoms with E-state index in [1.165, 1.54) is 5.56 Å². The van der Waals surface area contributed by atoms with E-state index in [-0.39, 0.29) is 11.9 Å². The molecular weight excluding hydrogens is 224 g/mol. The lowest BCUT2D eigenvalue weighted by Gasteiger charge is -2.27. The third-order valence-corrected chi connectivity index (χ3v) is 3.53. The quantitative estimate of drug-likeness (QED) is 0.861. The third-order valence-electron chi connectivity index (χ3n) is 3.53. The first-order valence-corrected chi connectivity index (χ1v) is 6.85. The molecule has 2 rings (SSSR count). The van der Waals surface area contributed by atoms with Crippen molar-refractivity contribution in [1.82, 2.24) is 5.32 Å². The standard InChI is InChI=1S/C15H22N2O/c1-3-12-7-5-8-13(10-12)17-15(18)14-9-4-6-11(2)16-14/h5,7-8,10-11,14,16H,3-4,6,9H2,1-2H3,(H,17,18). The maximum atomic E-state index is 12.1. The van der Waals surface area contributed by atoms with Crippen LogP contribution in [-0.4, -0.2) is 18.0 Å². The minimum absolute atomic E-state index is 0.0426. The summed E-state index contributed by atoms with van der Waals surface area (Å²) < 4.78 is 0. The molecule has 0 radical (unpaired) electrons. The van der Waals surface area contributed by atoms with Crippen molar-refractivity contribution < 1.29 is 4.79 Å². The van der Waals surface area contributed by atoms with Crippen LogP contribution in [0.4, 0.5) is 5.69 Å². The summed E-state index contributed by atoms with van der Waals surface area (Å²) in [6.45, 7) is 4.25. The molecule has 3 heteroatoms. The van der Waals surface area contributed by atoms with Crippen LogP contribution >= 0.6 is 0 Å². The number of hydrogen-bond donors (Lipinski definition) is 2. The highest BCUT2D eigenvalue weighted by molar-refractivity contribution is 5.94. The predicted octanol–water partition coefficient (Wildman–Crippen LogP) is 2.72. The number of carbonyl (C=O) groups is 1. The lowest BCUT2D eigenvalue weighted by molar-refractivity contribution is -0.118. The summed E-state index contributed by atoms with van der Waals surface area (Å²) in [4.78, 5) is 12.1. The summed E-state index contributed by atoms with van der Waals surface area (Å²) in [5.74, 6) is 0.0924. The minimum atomic E-state index is -0.0426. The van der Waals surface area contributed by atoms with E-state index < -0.39 is 0 Å². The van der Waals surface area contributed by atoms with E-state index in [0.717, 1.165) is 31.4 Å². The van der Waals surface area contributed by atoms with Gasteiger partial charge in [-0.05, 0) is 50.3 Å². The molecule has 1 amide bonds. The number of hydrogen-bond acceptors (Lipinski definition) is 2. The van der Waals surface area contributed by atoms with Gasteiger partial charge >= 0.3 is 0 Å². The zero-order valence-corrected chi connectivity index (χ0v) is 11.2. The van der Waals surface area contributed by atoms with Crippen molar-refractivity contribution in [2.75, 3.05) is 5.32 Å². The van der Waals surface area contributed by atoms with Gasteiger partial charge in [-0.25, -0.2) is 0 Å². The van der Waals surface area contributed by atoms with Gasteiger partial charge in [0.1, 0.15) is 0 Å². The largest absolute Gasteiger partial charge is 0.325 e. The molecule has 18 heavy (non-hydrogen) atoms. The first kappa shape index (κ1) is 13.1. The fourth-order valence-corrected chi connectivity index (χ4v) is 2.44. The second-order valence-corrected chi connectivity index (χ2v) is 5.09. The van der Waals surface area contributed by atoms with Gasteiger partial charge in [-0.15, -0.1) is 0 Å². The van der Waals surface area contributed by atoms with Crippen LogP contribution in [-0.2, 0) is 11.2 Å². The molecule has 1 aliphatic rings. The van der Waals surface area contributed by atoms with Gasteiger partial charge in [0.15, 0.2) is 0 Å². The van der Waals surface area contributed by atoms with Gasteiger partial charge in [0, 0.05) is 11.7 Å². The monoisotopic (exact) mass is 246 g/mol. The smallest absolute Gasteiger partial charge is 0.241 e. The average Bonchev–Trinajstić information content (AvgIpc) is 2.39. The third kappa shape index (κ3) is 3.33. The zero-order chi connectivity index (χ0) is 13.0. The first-order valence-electron chi connectivity index (χ1n) is 6.85. The SMILES string of the molecule is CCc1cccc(NC(=O)C2CCCC(C)N2)c1. The van der Waals surface area contributed by atoms with Gasteiger partial charge < -0.3 is 10.6 Å². The van der Waals surface area contributed by atoms with E-state index in [4.69, 9.17) is 0 Å². The molecular formula is C15H22N2O. The maximum Gasteiger partial charge on any atom is 0.241 e. The fraction of sp³-hybridized carbons (Fsp3) is 0.533. The molecule has 1 aromatic rings. The van der Waals surface area contributed by atoms with Crippen molar-refractivity contribution in [3.05, 3.63) is 29.8 Å². The summed E-state index contributed by atoms with van der Waals surface area (Å²) in [6, 6.07) is 8.46. The number of rotatable bonds is 3. The van der Waals surface area contributed by atoms with Crippen LogP contribution in [0, 0.1) is 0 Å². The average molecular weight is 246 g/mol. The molecule has 2 unspecified atom stereocenters. The van der Waals surface area contributed by atoms with Crippen LogP contribution < -0.4 is 10.6 Å². The molecule has 3 nitrogen and oxygen atoms in total. The second kappa shape index (κ2) is 6.01. The number of carbonyl (C=O) groups excluding carboxylic acids is 1. The highest BCUT2D eigenvalue weighted by Crippen LogP contribution is 2.16. The molecule has 1 fully saturated rings. The Kier molecular flexibility index (Phi) is 4.37. The Morgan fingerprint density at radius 3 is 3.00 bits per heavy atom. The summed E-state index contributed by atoms with van der Waals surface area (Å²) in [5.41, 5.74) is 2.15. The van der Waals surface area contributed by atoms with E-state index >= 15 is 0 Å². The van der Waals surface area contributed by atoms with Gasteiger partial charge in [0.05, 0.1) is 6.04 Å². The summed E-state index contributed by atoms with van der Waals surface area (Å²) in [6.07, 6.45) is 4.21. The molecule has 0 bridgehead atoms. The Bertz CT molecular complexity index is 417. The van der Waals surface area contributed by atoms with Crippen molar-refractivity contribution in [1.29, 1.82) is 0 Å². The van der Waals surface area contributed by atoms with Gasteiger partial charge in [-0.2, -0.15) is 0 Å². The second-order valence-electron chi connectivity index (χ2n) is 5.09. The Morgan fingerprint density at radius 1 is 1.44 bits per heavy atom. The summed E-state index contributed by atoms with van der Waals surface area (Å²) >= 11 is 0. The Hall–Kier alpha value is -1.35. The number of aryl methyl sites for hydroxylation is 1. The maximum absolute atomic E-state index is 12.1. The van der Waals surface area contributed by atoms with Crippen molar-refractivity contribution in [3.8, 4) is 0 Å². The number of anilines is 1. The van der Waals surface area contributed by atoms with Crippen molar-refractivity contribution in [3.63, 3.8) is 0 Å². The van der Waals surface area contributed by atoms with Crippen molar-refractivity contribution in [2.24, 2.45) is 0 Å². The number of benzene rings is 1. The van der Waals surface area contributed by atoms with Crippen molar-refractivity contribution >= 4 is 11.6 Å². The molecule has 1 saturated heterocycles. The van der Waals surface area contributed by atoms with Gasteiger partial charge in [-0.1, -0.05) is 19.1 Å². The Labute approximate surface area is 109 Å². The van der Waals surface area contributed by atoms with Crippen LogP contribution in [0.15, 0.2) is 24.3 Å². The lowest BCUT2D eigenvalue weighted by Crippen LogP contribution is -2.47. The Balaban J connectivity index is 1.97. The highest BCUT2D eigenvalue weighted by Gasteiger charge is 2.23. The predicted molar refractivity (Wildman–Crippen MR) is 74.7 cm³/mol. The summed E-state index contributed by atoms with van der Waals surface area (Å²) in [5, 5.41) is 6.36. The molecule has 2 N–H and O–H groups in total. The molecule has 0 spiro atoms. The first-order chi connectivity index (χ1) is 8.69. The zero-order valence-electron chi connectivity index (χ0n) is 11.2. The molecule has 1 aromatic carbocycles. The van der Waals surface area contributed by atoms with Gasteiger partial charge in [-0.3, -0.25) is 4.79 Å². The van der Waals surface area contributed by atoms with Gasteiger partial charge in [0.25, 0.3) is 0 Å². The van der Waals surface area contributed by atoms with E-state index in [1.54, 1.807) is 0 Å². The number of amides is 1. The molecule has 1 aliphatic heterocycles. The van der Waals surface area contributed by atoms with E-state index in [1.807, 2.05) is 18.2 Å². The number of nitrogens with one attached hydrogen (secondary N) is 2. The lowest BCUT2D eigenvalue weighted by atomic mass is 9.99. The topological polar surface area (TPSA) is 41.1 Å². The highest BCUT2D eigenvalue weighted by atomic mass is 16.2. The van der Waals surface area contributed by atoms with E-state index in [9.17, 15) is 4.79 Å². The van der Waals surface area contributed by atoms with E-state index in [0.29, 0.717) is 6.04 Å². The van der Waals surface area contributed by atoms with Crippen LogP contribution in [0.1, 0.15) is 38.7 Å². The molecule has 98 valence electrons. The normalized spacial score (nSPS) is 23.7.